The SMILES string of the molecule is Cc1occc1-c1nnc(SCC(=O)c2cccc(Br)c2)n1C. The molecule has 23 heavy (non-hydrogen) atoms. The molecule has 0 atom stereocenters. The van der Waals surface area contributed by atoms with Gasteiger partial charge in [0.1, 0.15) is 5.76 Å². The molecule has 0 aliphatic rings. The zero-order valence-electron chi connectivity index (χ0n) is 12.6. The third-order valence-electron chi connectivity index (χ3n) is 3.41. The largest absolute Gasteiger partial charge is 0.469 e. The zero-order valence-corrected chi connectivity index (χ0v) is 15.0. The van der Waals surface area contributed by atoms with Crippen molar-refractivity contribution in [2.24, 2.45) is 7.05 Å². The van der Waals surface area contributed by atoms with Crippen LogP contribution in [0, 0.1) is 6.92 Å². The summed E-state index contributed by atoms with van der Waals surface area (Å²) < 4.78 is 8.07. The molecule has 3 rings (SSSR count). The second-order valence-electron chi connectivity index (χ2n) is 4.98. The van der Waals surface area contributed by atoms with Crippen LogP contribution in [0.4, 0.5) is 0 Å². The minimum atomic E-state index is 0.0559. The van der Waals surface area contributed by atoms with Crippen molar-refractivity contribution < 1.29 is 9.21 Å². The van der Waals surface area contributed by atoms with Crippen molar-refractivity contribution in [3.8, 4) is 11.4 Å². The molecule has 0 saturated heterocycles. The molecule has 0 spiro atoms. The number of carbonyl (C=O) groups excluding carboxylic acids is 1. The van der Waals surface area contributed by atoms with Crippen LogP contribution in [0.5, 0.6) is 0 Å². The number of Topliss-reactive ketones (excluding diaryl/α,β-unsaturated/α-hetero) is 1. The summed E-state index contributed by atoms with van der Waals surface area (Å²) >= 11 is 4.75. The van der Waals surface area contributed by atoms with Gasteiger partial charge in [0, 0.05) is 17.1 Å². The molecule has 0 aliphatic heterocycles. The summed E-state index contributed by atoms with van der Waals surface area (Å²) in [6.07, 6.45) is 1.63. The summed E-state index contributed by atoms with van der Waals surface area (Å²) in [6, 6.07) is 9.24. The van der Waals surface area contributed by atoms with Gasteiger partial charge < -0.3 is 8.98 Å². The molecule has 0 saturated carbocycles. The lowest BCUT2D eigenvalue weighted by Gasteiger charge is -2.03. The Morgan fingerprint density at radius 3 is 2.87 bits per heavy atom. The van der Waals surface area contributed by atoms with Crippen molar-refractivity contribution in [3.05, 3.63) is 52.4 Å². The van der Waals surface area contributed by atoms with Gasteiger partial charge in [-0.25, -0.2) is 0 Å². The van der Waals surface area contributed by atoms with Crippen LogP contribution in [0.15, 0.2) is 50.6 Å². The quantitative estimate of drug-likeness (QED) is 0.483. The van der Waals surface area contributed by atoms with Gasteiger partial charge in [0.15, 0.2) is 16.8 Å². The van der Waals surface area contributed by atoms with Gasteiger partial charge in [-0.2, -0.15) is 0 Å². The smallest absolute Gasteiger partial charge is 0.191 e. The van der Waals surface area contributed by atoms with Crippen molar-refractivity contribution in [1.29, 1.82) is 0 Å². The first-order valence-electron chi connectivity index (χ1n) is 6.91. The Morgan fingerprint density at radius 1 is 1.35 bits per heavy atom. The molecule has 5 nitrogen and oxygen atoms in total. The van der Waals surface area contributed by atoms with E-state index < -0.39 is 0 Å². The number of furan rings is 1. The number of aryl methyl sites for hydroxylation is 1. The molecule has 2 heterocycles. The van der Waals surface area contributed by atoms with Crippen LogP contribution in [0.2, 0.25) is 0 Å². The van der Waals surface area contributed by atoms with Gasteiger partial charge >= 0.3 is 0 Å². The lowest BCUT2D eigenvalue weighted by molar-refractivity contribution is 0.102. The van der Waals surface area contributed by atoms with Crippen LogP contribution >= 0.6 is 27.7 Å². The van der Waals surface area contributed by atoms with Gasteiger partial charge in [0.2, 0.25) is 0 Å². The number of hydrogen-bond acceptors (Lipinski definition) is 5. The average Bonchev–Trinajstić information content (AvgIpc) is 3.10. The van der Waals surface area contributed by atoms with Crippen LogP contribution < -0.4 is 0 Å². The van der Waals surface area contributed by atoms with E-state index in [9.17, 15) is 4.79 Å². The maximum Gasteiger partial charge on any atom is 0.191 e. The van der Waals surface area contributed by atoms with E-state index in [4.69, 9.17) is 4.42 Å². The van der Waals surface area contributed by atoms with Crippen molar-refractivity contribution in [2.45, 2.75) is 12.1 Å². The zero-order chi connectivity index (χ0) is 16.4. The number of ketones is 1. The maximum absolute atomic E-state index is 12.3. The molecule has 0 unspecified atom stereocenters. The number of halogens is 1. The summed E-state index contributed by atoms with van der Waals surface area (Å²) in [7, 11) is 1.88. The predicted molar refractivity (Wildman–Crippen MR) is 92.6 cm³/mol. The Labute approximate surface area is 146 Å². The van der Waals surface area contributed by atoms with Crippen LogP contribution in [-0.4, -0.2) is 26.3 Å². The maximum atomic E-state index is 12.3. The number of thioether (sulfide) groups is 1. The highest BCUT2D eigenvalue weighted by Crippen LogP contribution is 2.26. The molecule has 0 radical (unpaired) electrons. The molecular weight excluding hydrogens is 378 g/mol. The van der Waals surface area contributed by atoms with E-state index >= 15 is 0 Å². The van der Waals surface area contributed by atoms with Crippen LogP contribution in [0.25, 0.3) is 11.4 Å². The molecule has 0 amide bonds. The summed E-state index contributed by atoms with van der Waals surface area (Å²) in [5.41, 5.74) is 1.59. The van der Waals surface area contributed by atoms with Crippen molar-refractivity contribution in [1.82, 2.24) is 14.8 Å². The van der Waals surface area contributed by atoms with Gasteiger partial charge in [-0.15, -0.1) is 10.2 Å². The summed E-state index contributed by atoms with van der Waals surface area (Å²) in [4.78, 5) is 12.3. The van der Waals surface area contributed by atoms with Crippen LogP contribution in [-0.2, 0) is 7.05 Å². The third-order valence-corrected chi connectivity index (χ3v) is 4.93. The number of benzene rings is 1. The molecule has 7 heteroatoms. The molecule has 118 valence electrons. The highest BCUT2D eigenvalue weighted by atomic mass is 79.9. The second-order valence-corrected chi connectivity index (χ2v) is 6.84. The highest BCUT2D eigenvalue weighted by Gasteiger charge is 2.16. The van der Waals surface area contributed by atoms with Crippen LogP contribution in [0.3, 0.4) is 0 Å². The van der Waals surface area contributed by atoms with Crippen LogP contribution in [0.1, 0.15) is 16.1 Å². The first-order valence-corrected chi connectivity index (χ1v) is 8.69. The monoisotopic (exact) mass is 391 g/mol. The Bertz CT molecular complexity index is 857. The van der Waals surface area contributed by atoms with Crippen molar-refractivity contribution in [3.63, 3.8) is 0 Å². The molecule has 3 aromatic rings. The average molecular weight is 392 g/mol. The molecule has 0 N–H and O–H groups in total. The standard InChI is InChI=1S/C16H14BrN3O2S/c1-10-13(6-7-22-10)15-18-19-16(20(15)2)23-9-14(21)11-4-3-5-12(17)8-11/h3-8H,9H2,1-2H3. The van der Waals surface area contributed by atoms with E-state index in [2.05, 4.69) is 26.1 Å². The molecule has 0 aliphatic carbocycles. The summed E-state index contributed by atoms with van der Waals surface area (Å²) in [5.74, 6) is 1.89. The van der Waals surface area contributed by atoms with E-state index in [0.29, 0.717) is 16.5 Å². The first kappa shape index (κ1) is 16.0. The topological polar surface area (TPSA) is 60.9 Å². The Morgan fingerprint density at radius 2 is 2.17 bits per heavy atom. The molecule has 0 bridgehead atoms. The molecule has 2 aromatic heterocycles. The molecular formula is C16H14BrN3O2S. The lowest BCUT2D eigenvalue weighted by Crippen LogP contribution is -2.04. The summed E-state index contributed by atoms with van der Waals surface area (Å²) in [6.45, 7) is 1.88. The predicted octanol–water partition coefficient (Wildman–Crippen LogP) is 4.12. The third kappa shape index (κ3) is 3.40. The number of nitrogens with zero attached hydrogens (tertiary/aromatic N) is 3. The fourth-order valence-electron chi connectivity index (χ4n) is 2.17. The minimum absolute atomic E-state index is 0.0559. The van der Waals surface area contributed by atoms with Crippen molar-refractivity contribution >= 4 is 33.5 Å². The van der Waals surface area contributed by atoms with E-state index in [1.807, 2.05) is 48.9 Å². The fraction of sp³-hybridized carbons (Fsp3) is 0.188. The van der Waals surface area contributed by atoms with Gasteiger partial charge in [-0.05, 0) is 25.1 Å². The van der Waals surface area contributed by atoms with E-state index in [0.717, 1.165) is 21.6 Å². The number of carbonyl (C=O) groups is 1. The first-order chi connectivity index (χ1) is 11.1. The number of aromatic nitrogens is 3. The van der Waals surface area contributed by atoms with Gasteiger partial charge in [-0.3, -0.25) is 4.79 Å². The van der Waals surface area contributed by atoms with Crippen molar-refractivity contribution in [2.75, 3.05) is 5.75 Å². The normalized spacial score (nSPS) is 10.9. The molecule has 1 aromatic carbocycles. The summed E-state index contributed by atoms with van der Waals surface area (Å²) in [5, 5.41) is 9.06. The van der Waals surface area contributed by atoms with E-state index in [-0.39, 0.29) is 5.78 Å². The lowest BCUT2D eigenvalue weighted by atomic mass is 10.2. The second kappa shape index (κ2) is 6.72. The highest BCUT2D eigenvalue weighted by molar-refractivity contribution is 9.10. The molecule has 0 fully saturated rings. The minimum Gasteiger partial charge on any atom is -0.469 e. The van der Waals surface area contributed by atoms with Gasteiger partial charge in [-0.1, -0.05) is 39.8 Å². The van der Waals surface area contributed by atoms with Gasteiger partial charge in [0.05, 0.1) is 17.6 Å². The fourth-order valence-corrected chi connectivity index (χ4v) is 3.37. The van der Waals surface area contributed by atoms with E-state index in [1.54, 1.807) is 6.26 Å². The number of hydrogen-bond donors (Lipinski definition) is 0. The Balaban J connectivity index is 1.73. The number of rotatable bonds is 5. The van der Waals surface area contributed by atoms with E-state index in [1.165, 1.54) is 11.8 Å². The van der Waals surface area contributed by atoms with Gasteiger partial charge in [0.25, 0.3) is 0 Å². The Hall–Kier alpha value is -1.86. The Kier molecular flexibility index (Phi) is 4.68.